The molecule has 3 heteroatoms. The Morgan fingerprint density at radius 3 is 2.75 bits per heavy atom. The second-order valence-electron chi connectivity index (χ2n) is 5.91. The lowest BCUT2D eigenvalue weighted by Gasteiger charge is -2.24. The molecule has 1 unspecified atom stereocenters. The lowest BCUT2D eigenvalue weighted by molar-refractivity contribution is 0.472. The highest BCUT2D eigenvalue weighted by Crippen LogP contribution is 2.26. The number of aromatic nitrogens is 1. The molecular formula is C17H19FN2. The molecule has 2 nitrogen and oxygen atoms in total. The molecule has 0 radical (unpaired) electrons. The molecule has 2 aromatic rings. The molecule has 2 N–H and O–H groups in total. The number of nitrogens with two attached hydrogens (primary N) is 1. The molecule has 0 saturated carbocycles. The van der Waals surface area contributed by atoms with Crippen LogP contribution in [0.25, 0.3) is 0 Å². The van der Waals surface area contributed by atoms with Crippen molar-refractivity contribution < 1.29 is 4.39 Å². The molecule has 1 aromatic heterocycles. The van der Waals surface area contributed by atoms with Gasteiger partial charge >= 0.3 is 0 Å². The zero-order valence-electron chi connectivity index (χ0n) is 11.7. The predicted molar refractivity (Wildman–Crippen MR) is 77.9 cm³/mol. The SMILES string of the molecule is CC(N)(Cc1ccc2c(c1)CCC2)c1ccc(F)cn1. The van der Waals surface area contributed by atoms with Crippen molar-refractivity contribution in [1.82, 2.24) is 4.98 Å². The van der Waals surface area contributed by atoms with Crippen LogP contribution in [0.1, 0.15) is 35.7 Å². The molecule has 0 spiro atoms. The van der Waals surface area contributed by atoms with E-state index in [1.165, 1.54) is 48.2 Å². The van der Waals surface area contributed by atoms with Crippen LogP contribution in [0.3, 0.4) is 0 Å². The van der Waals surface area contributed by atoms with Crippen LogP contribution < -0.4 is 5.73 Å². The minimum atomic E-state index is -0.583. The van der Waals surface area contributed by atoms with E-state index in [-0.39, 0.29) is 5.82 Å². The molecule has 20 heavy (non-hydrogen) atoms. The summed E-state index contributed by atoms with van der Waals surface area (Å²) in [6, 6.07) is 9.71. The molecule has 0 bridgehead atoms. The second kappa shape index (κ2) is 4.98. The average molecular weight is 270 g/mol. The van der Waals surface area contributed by atoms with Crippen LogP contribution >= 0.6 is 0 Å². The van der Waals surface area contributed by atoms with Gasteiger partial charge in [-0.15, -0.1) is 0 Å². The summed E-state index contributed by atoms with van der Waals surface area (Å²) in [7, 11) is 0. The van der Waals surface area contributed by atoms with Gasteiger partial charge in [-0.25, -0.2) is 4.39 Å². The van der Waals surface area contributed by atoms with Gasteiger partial charge in [-0.2, -0.15) is 0 Å². The van der Waals surface area contributed by atoms with E-state index in [1.54, 1.807) is 6.07 Å². The van der Waals surface area contributed by atoms with Crippen LogP contribution in [-0.4, -0.2) is 4.98 Å². The monoisotopic (exact) mass is 270 g/mol. The molecule has 1 aliphatic carbocycles. The highest BCUT2D eigenvalue weighted by molar-refractivity contribution is 5.36. The number of aryl methyl sites for hydroxylation is 2. The average Bonchev–Trinajstić information content (AvgIpc) is 2.86. The summed E-state index contributed by atoms with van der Waals surface area (Å²) in [5.74, 6) is -0.331. The third-order valence-corrected chi connectivity index (χ3v) is 4.05. The molecule has 1 atom stereocenters. The Morgan fingerprint density at radius 1 is 1.20 bits per heavy atom. The molecule has 0 fully saturated rings. The Bertz CT molecular complexity index is 617. The summed E-state index contributed by atoms with van der Waals surface area (Å²) in [6.45, 7) is 1.94. The van der Waals surface area contributed by atoms with Gasteiger partial charge in [0.15, 0.2) is 0 Å². The fourth-order valence-corrected chi connectivity index (χ4v) is 2.96. The Hall–Kier alpha value is -1.74. The minimum absolute atomic E-state index is 0.331. The van der Waals surface area contributed by atoms with E-state index in [2.05, 4.69) is 23.2 Å². The lowest BCUT2D eigenvalue weighted by atomic mass is 9.89. The third kappa shape index (κ3) is 2.59. The van der Waals surface area contributed by atoms with Crippen molar-refractivity contribution in [2.75, 3.05) is 0 Å². The third-order valence-electron chi connectivity index (χ3n) is 4.05. The quantitative estimate of drug-likeness (QED) is 0.930. The topological polar surface area (TPSA) is 38.9 Å². The van der Waals surface area contributed by atoms with E-state index in [4.69, 9.17) is 5.73 Å². The number of benzene rings is 1. The molecule has 104 valence electrons. The number of fused-ring (bicyclic) bond motifs is 1. The molecule has 0 saturated heterocycles. The van der Waals surface area contributed by atoms with E-state index >= 15 is 0 Å². The van der Waals surface area contributed by atoms with Crippen LogP contribution in [0.2, 0.25) is 0 Å². The van der Waals surface area contributed by atoms with Crippen molar-refractivity contribution in [2.45, 2.75) is 38.1 Å². The molecule has 0 aliphatic heterocycles. The van der Waals surface area contributed by atoms with Gasteiger partial charge < -0.3 is 5.73 Å². The summed E-state index contributed by atoms with van der Waals surface area (Å²) in [6.07, 6.45) is 5.54. The Labute approximate surface area is 118 Å². The van der Waals surface area contributed by atoms with Crippen molar-refractivity contribution in [3.63, 3.8) is 0 Å². The minimum Gasteiger partial charge on any atom is -0.320 e. The molecule has 1 aromatic carbocycles. The number of nitrogens with zero attached hydrogens (tertiary/aromatic N) is 1. The number of halogens is 1. The second-order valence-corrected chi connectivity index (χ2v) is 5.91. The maximum absolute atomic E-state index is 12.9. The van der Waals surface area contributed by atoms with Crippen LogP contribution in [-0.2, 0) is 24.8 Å². The van der Waals surface area contributed by atoms with Gasteiger partial charge in [0, 0.05) is 0 Å². The number of hydrogen-bond donors (Lipinski definition) is 1. The Balaban J connectivity index is 1.84. The maximum atomic E-state index is 12.9. The summed E-state index contributed by atoms with van der Waals surface area (Å²) in [5, 5.41) is 0. The smallest absolute Gasteiger partial charge is 0.141 e. The lowest BCUT2D eigenvalue weighted by Crippen LogP contribution is -2.36. The molecule has 0 amide bonds. The highest BCUT2D eigenvalue weighted by Gasteiger charge is 2.24. The van der Waals surface area contributed by atoms with Gasteiger partial charge in [-0.1, -0.05) is 18.2 Å². The molecule has 1 aliphatic rings. The summed E-state index contributed by atoms with van der Waals surface area (Å²) in [4.78, 5) is 4.12. The predicted octanol–water partition coefficient (Wildman–Crippen LogP) is 3.13. The molecular weight excluding hydrogens is 251 g/mol. The van der Waals surface area contributed by atoms with E-state index in [0.717, 1.165) is 5.69 Å². The van der Waals surface area contributed by atoms with Crippen LogP contribution in [0.5, 0.6) is 0 Å². The van der Waals surface area contributed by atoms with Crippen molar-refractivity contribution in [3.05, 3.63) is 64.7 Å². The largest absolute Gasteiger partial charge is 0.320 e. The van der Waals surface area contributed by atoms with Crippen LogP contribution in [0.4, 0.5) is 4.39 Å². The van der Waals surface area contributed by atoms with E-state index in [0.29, 0.717) is 6.42 Å². The zero-order chi connectivity index (χ0) is 14.2. The normalized spacial score (nSPS) is 16.8. The summed E-state index contributed by atoms with van der Waals surface area (Å²) < 4.78 is 12.9. The van der Waals surface area contributed by atoms with Crippen molar-refractivity contribution in [1.29, 1.82) is 0 Å². The van der Waals surface area contributed by atoms with E-state index in [9.17, 15) is 4.39 Å². The first-order valence-electron chi connectivity index (χ1n) is 7.06. The summed E-state index contributed by atoms with van der Waals surface area (Å²) in [5.41, 5.74) is 10.7. The molecule has 1 heterocycles. The van der Waals surface area contributed by atoms with Gasteiger partial charge in [0.05, 0.1) is 17.4 Å². The van der Waals surface area contributed by atoms with Crippen LogP contribution in [0, 0.1) is 5.82 Å². The number of pyridine rings is 1. The zero-order valence-corrected chi connectivity index (χ0v) is 11.7. The van der Waals surface area contributed by atoms with Crippen molar-refractivity contribution >= 4 is 0 Å². The summed E-state index contributed by atoms with van der Waals surface area (Å²) >= 11 is 0. The number of hydrogen-bond acceptors (Lipinski definition) is 2. The van der Waals surface area contributed by atoms with Crippen molar-refractivity contribution in [3.8, 4) is 0 Å². The van der Waals surface area contributed by atoms with Crippen molar-refractivity contribution in [2.24, 2.45) is 5.73 Å². The van der Waals surface area contributed by atoms with Crippen LogP contribution in [0.15, 0.2) is 36.5 Å². The first kappa shape index (κ1) is 13.3. The molecule has 3 rings (SSSR count). The standard InChI is InChI=1S/C17H19FN2/c1-17(19,16-8-7-15(18)11-20-16)10-12-5-6-13-3-2-4-14(13)9-12/h5-9,11H,2-4,10,19H2,1H3. The fourth-order valence-electron chi connectivity index (χ4n) is 2.96. The number of rotatable bonds is 3. The van der Waals surface area contributed by atoms with E-state index < -0.39 is 5.54 Å². The van der Waals surface area contributed by atoms with Gasteiger partial charge in [-0.3, -0.25) is 4.98 Å². The maximum Gasteiger partial charge on any atom is 0.141 e. The van der Waals surface area contributed by atoms with Gasteiger partial charge in [0.2, 0.25) is 0 Å². The first-order chi connectivity index (χ1) is 9.54. The van der Waals surface area contributed by atoms with Gasteiger partial charge in [0.25, 0.3) is 0 Å². The first-order valence-corrected chi connectivity index (χ1v) is 7.06. The van der Waals surface area contributed by atoms with E-state index in [1.807, 2.05) is 6.92 Å². The van der Waals surface area contributed by atoms with Gasteiger partial charge in [-0.05, 0) is 61.4 Å². The Morgan fingerprint density at radius 2 is 2.00 bits per heavy atom. The fraction of sp³-hybridized carbons (Fsp3) is 0.353. The Kier molecular flexibility index (Phi) is 3.30. The highest BCUT2D eigenvalue weighted by atomic mass is 19.1. The van der Waals surface area contributed by atoms with Gasteiger partial charge in [0.1, 0.15) is 5.82 Å².